The van der Waals surface area contributed by atoms with Crippen LogP contribution in [-0.4, -0.2) is 0 Å². The molecule has 1 heterocycles. The van der Waals surface area contributed by atoms with Gasteiger partial charge in [0.15, 0.2) is 11.5 Å². The van der Waals surface area contributed by atoms with Crippen molar-refractivity contribution in [2.75, 3.05) is 0 Å². The fourth-order valence-electron chi connectivity index (χ4n) is 1.40. The van der Waals surface area contributed by atoms with Crippen LogP contribution in [0.1, 0.15) is 0 Å². The lowest BCUT2D eigenvalue weighted by atomic mass is 10.1. The van der Waals surface area contributed by atoms with E-state index in [2.05, 4.69) is 0 Å². The summed E-state index contributed by atoms with van der Waals surface area (Å²) >= 11 is 0. The summed E-state index contributed by atoms with van der Waals surface area (Å²) in [6, 6.07) is 11.8. The van der Waals surface area contributed by atoms with E-state index in [1.54, 1.807) is 0 Å². The Morgan fingerprint density at radius 3 is 1.83 bits per heavy atom. The Balaban J connectivity index is 2.53. The molecule has 0 saturated heterocycles. The fourth-order valence-corrected chi connectivity index (χ4v) is 1.40. The van der Waals surface area contributed by atoms with Crippen molar-refractivity contribution in [1.29, 1.82) is 0 Å². The molecule has 0 radical (unpaired) electrons. The van der Waals surface area contributed by atoms with Gasteiger partial charge in [-0.25, -0.2) is 0 Å². The highest BCUT2D eigenvalue weighted by atomic mass is 17.2. The van der Waals surface area contributed by atoms with Gasteiger partial charge in [-0.05, 0) is 35.0 Å². The normalized spacial score (nSPS) is 12.7. The summed E-state index contributed by atoms with van der Waals surface area (Å²) in [5.74, 6) is 1.51. The Kier molecular flexibility index (Phi) is 0.939. The van der Waals surface area contributed by atoms with E-state index in [1.807, 2.05) is 36.4 Å². The molecule has 0 fully saturated rings. The number of hydrogen-bond donors (Lipinski definition) is 0. The van der Waals surface area contributed by atoms with Crippen LogP contribution in [0.15, 0.2) is 36.4 Å². The van der Waals surface area contributed by atoms with E-state index in [-0.39, 0.29) is 0 Å². The number of hydrogen-bond acceptors (Lipinski definition) is 2. The quantitative estimate of drug-likeness (QED) is 0.548. The van der Waals surface area contributed by atoms with Gasteiger partial charge in [0, 0.05) is 0 Å². The molecule has 0 saturated carbocycles. The van der Waals surface area contributed by atoms with Crippen molar-refractivity contribution in [2.45, 2.75) is 0 Å². The van der Waals surface area contributed by atoms with Gasteiger partial charge in [-0.2, -0.15) is 0 Å². The van der Waals surface area contributed by atoms with E-state index in [9.17, 15) is 0 Å². The van der Waals surface area contributed by atoms with Gasteiger partial charge in [-0.15, -0.1) is 0 Å². The topological polar surface area (TPSA) is 18.5 Å². The molecule has 0 N–H and O–H groups in total. The summed E-state index contributed by atoms with van der Waals surface area (Å²) in [5.41, 5.74) is 0. The summed E-state index contributed by atoms with van der Waals surface area (Å²) < 4.78 is 0. The third-order valence-corrected chi connectivity index (χ3v) is 2.02. The molecule has 2 aromatic carbocycles. The monoisotopic (exact) mass is 158 g/mol. The maximum Gasteiger partial charge on any atom is 0.179 e. The summed E-state index contributed by atoms with van der Waals surface area (Å²) in [7, 11) is 0. The lowest BCUT2D eigenvalue weighted by molar-refractivity contribution is -0.0988. The van der Waals surface area contributed by atoms with Gasteiger partial charge < -0.3 is 0 Å². The van der Waals surface area contributed by atoms with Crippen molar-refractivity contribution in [3.8, 4) is 11.5 Å². The van der Waals surface area contributed by atoms with E-state index in [0.29, 0.717) is 0 Å². The Labute approximate surface area is 69.3 Å². The Hall–Kier alpha value is -1.70. The van der Waals surface area contributed by atoms with Crippen LogP contribution in [0.5, 0.6) is 11.5 Å². The van der Waals surface area contributed by atoms with Gasteiger partial charge in [0.1, 0.15) is 0 Å². The summed E-state index contributed by atoms with van der Waals surface area (Å²) in [4.78, 5) is 10.0. The average molecular weight is 158 g/mol. The van der Waals surface area contributed by atoms with E-state index in [1.165, 1.54) is 5.39 Å². The van der Waals surface area contributed by atoms with Gasteiger partial charge in [0.25, 0.3) is 0 Å². The summed E-state index contributed by atoms with van der Waals surface area (Å²) in [6.45, 7) is 0. The molecule has 2 heteroatoms. The maximum absolute atomic E-state index is 5.02. The third-order valence-electron chi connectivity index (χ3n) is 2.02. The average Bonchev–Trinajstić information content (AvgIpc) is 2.21. The zero-order valence-corrected chi connectivity index (χ0v) is 6.28. The SMILES string of the molecule is c1cc2ccc3cc2cc1OO3. The first-order chi connectivity index (χ1) is 5.92. The minimum atomic E-state index is 0.753. The first-order valence-corrected chi connectivity index (χ1v) is 3.80. The predicted molar refractivity (Wildman–Crippen MR) is 45.2 cm³/mol. The van der Waals surface area contributed by atoms with Crippen LogP contribution in [0, 0.1) is 0 Å². The van der Waals surface area contributed by atoms with Gasteiger partial charge in [0.05, 0.1) is 0 Å². The fraction of sp³-hybridized carbons (Fsp3) is 0. The van der Waals surface area contributed by atoms with Crippen LogP contribution in [0.4, 0.5) is 0 Å². The first-order valence-electron chi connectivity index (χ1n) is 3.80. The van der Waals surface area contributed by atoms with Gasteiger partial charge in [0.2, 0.25) is 0 Å². The lowest BCUT2D eigenvalue weighted by Crippen LogP contribution is -1.97. The minimum Gasteiger partial charge on any atom is -0.290 e. The highest BCUT2D eigenvalue weighted by Crippen LogP contribution is 2.28. The summed E-state index contributed by atoms with van der Waals surface area (Å²) in [5, 5.41) is 2.36. The highest BCUT2D eigenvalue weighted by Gasteiger charge is 2.06. The van der Waals surface area contributed by atoms with Crippen LogP contribution >= 0.6 is 0 Å². The first kappa shape index (κ1) is 5.89. The van der Waals surface area contributed by atoms with E-state index in [0.717, 1.165) is 16.9 Å². The molecule has 0 aromatic heterocycles. The second-order valence-corrected chi connectivity index (χ2v) is 2.84. The maximum atomic E-state index is 5.02. The molecule has 3 bridgehead atoms. The van der Waals surface area contributed by atoms with Gasteiger partial charge in [-0.1, -0.05) is 12.1 Å². The van der Waals surface area contributed by atoms with Crippen molar-refractivity contribution >= 4 is 10.8 Å². The number of benzene rings is 2. The Morgan fingerprint density at radius 1 is 0.667 bits per heavy atom. The van der Waals surface area contributed by atoms with E-state index < -0.39 is 0 Å². The van der Waals surface area contributed by atoms with Crippen molar-refractivity contribution in [2.24, 2.45) is 0 Å². The standard InChI is InChI=1S/C10H6O2/c1-3-9-5-8-6-10(12-11-9)4-2-7(1)8/h1-6H. The molecule has 0 amide bonds. The Morgan fingerprint density at radius 2 is 1.25 bits per heavy atom. The van der Waals surface area contributed by atoms with Crippen LogP contribution in [0.3, 0.4) is 0 Å². The van der Waals surface area contributed by atoms with Crippen molar-refractivity contribution in [3.05, 3.63) is 36.4 Å². The molecule has 0 unspecified atom stereocenters. The minimum absolute atomic E-state index is 0.753. The molecular weight excluding hydrogens is 152 g/mol. The predicted octanol–water partition coefficient (Wildman–Crippen LogP) is 2.53. The van der Waals surface area contributed by atoms with Crippen LogP contribution in [0.2, 0.25) is 0 Å². The molecule has 0 atom stereocenters. The van der Waals surface area contributed by atoms with Crippen molar-refractivity contribution in [3.63, 3.8) is 0 Å². The molecule has 58 valence electrons. The molecule has 2 nitrogen and oxygen atoms in total. The zero-order valence-electron chi connectivity index (χ0n) is 6.28. The molecule has 1 aliphatic heterocycles. The highest BCUT2D eigenvalue weighted by molar-refractivity contribution is 5.85. The third kappa shape index (κ3) is 0.691. The second-order valence-electron chi connectivity index (χ2n) is 2.84. The molecule has 2 aromatic rings. The molecule has 3 rings (SSSR count). The number of fused-ring (bicyclic) bond motifs is 2. The smallest absolute Gasteiger partial charge is 0.179 e. The zero-order chi connectivity index (χ0) is 7.97. The molecular formula is C10H6O2. The van der Waals surface area contributed by atoms with E-state index in [4.69, 9.17) is 9.78 Å². The Bertz CT molecular complexity index is 410. The molecule has 12 heavy (non-hydrogen) atoms. The van der Waals surface area contributed by atoms with Gasteiger partial charge in [-0.3, -0.25) is 9.78 Å². The van der Waals surface area contributed by atoms with Crippen LogP contribution in [-0.2, 0) is 0 Å². The lowest BCUT2D eigenvalue weighted by Gasteiger charge is -1.99. The van der Waals surface area contributed by atoms with Crippen molar-refractivity contribution in [1.82, 2.24) is 0 Å². The van der Waals surface area contributed by atoms with Crippen LogP contribution in [0.25, 0.3) is 10.8 Å². The van der Waals surface area contributed by atoms with Gasteiger partial charge >= 0.3 is 0 Å². The van der Waals surface area contributed by atoms with E-state index >= 15 is 0 Å². The van der Waals surface area contributed by atoms with Crippen LogP contribution < -0.4 is 9.78 Å². The largest absolute Gasteiger partial charge is 0.290 e. The number of rotatable bonds is 0. The summed E-state index contributed by atoms with van der Waals surface area (Å²) in [6.07, 6.45) is 0. The van der Waals surface area contributed by atoms with Crippen molar-refractivity contribution < 1.29 is 9.78 Å². The second kappa shape index (κ2) is 1.91. The molecule has 1 aliphatic rings. The molecule has 0 spiro atoms. The molecule has 0 aliphatic carbocycles.